The molecule has 0 spiro atoms. The van der Waals surface area contributed by atoms with E-state index < -0.39 is 0 Å². The number of amides is 1. The summed E-state index contributed by atoms with van der Waals surface area (Å²) in [6.45, 7) is 0. The minimum absolute atomic E-state index is 0.196. The first-order valence-electron chi connectivity index (χ1n) is 7.74. The number of carbonyl (C=O) groups excluding carboxylic acids is 1. The van der Waals surface area contributed by atoms with Crippen molar-refractivity contribution in [3.8, 4) is 0 Å². The summed E-state index contributed by atoms with van der Waals surface area (Å²) in [7, 11) is 1.79. The smallest absolute Gasteiger partial charge is 0.277 e. The summed E-state index contributed by atoms with van der Waals surface area (Å²) in [4.78, 5) is 12.2. The summed E-state index contributed by atoms with van der Waals surface area (Å²) in [5, 5.41) is 7.05. The molecule has 1 aliphatic rings. The Morgan fingerprint density at radius 2 is 1.91 bits per heavy atom. The predicted octanol–water partition coefficient (Wildman–Crippen LogP) is 4.48. The molecule has 1 aliphatic carbocycles. The van der Waals surface area contributed by atoms with Gasteiger partial charge in [-0.3, -0.25) is 9.48 Å². The topological polar surface area (TPSA) is 46.9 Å². The van der Waals surface area contributed by atoms with E-state index >= 15 is 0 Å². The van der Waals surface area contributed by atoms with Crippen molar-refractivity contribution in [2.75, 3.05) is 5.32 Å². The fourth-order valence-electron chi connectivity index (χ4n) is 3.08. The molecular formula is C17H20BrN3O. The highest BCUT2D eigenvalue weighted by Gasteiger charge is 2.17. The molecule has 0 atom stereocenters. The minimum Gasteiger partial charge on any atom is -0.321 e. The lowest BCUT2D eigenvalue weighted by Crippen LogP contribution is -2.13. The number of benzene rings is 1. The van der Waals surface area contributed by atoms with Crippen LogP contribution in [0.25, 0.3) is 0 Å². The second-order valence-electron chi connectivity index (χ2n) is 5.91. The monoisotopic (exact) mass is 361 g/mol. The lowest BCUT2D eigenvalue weighted by molar-refractivity contribution is 0.102. The van der Waals surface area contributed by atoms with Crippen molar-refractivity contribution < 1.29 is 4.79 Å². The van der Waals surface area contributed by atoms with Gasteiger partial charge in [-0.05, 0) is 52.4 Å². The molecular weight excluding hydrogens is 342 g/mol. The van der Waals surface area contributed by atoms with E-state index in [1.54, 1.807) is 17.9 Å². The number of hydrogen-bond donors (Lipinski definition) is 1. The summed E-state index contributed by atoms with van der Waals surface area (Å²) in [5.41, 5.74) is 2.60. The Morgan fingerprint density at radius 3 is 2.50 bits per heavy atom. The van der Waals surface area contributed by atoms with Crippen LogP contribution in [0.5, 0.6) is 0 Å². The van der Waals surface area contributed by atoms with E-state index in [4.69, 9.17) is 0 Å². The Morgan fingerprint density at radius 1 is 1.23 bits per heavy atom. The highest BCUT2D eigenvalue weighted by molar-refractivity contribution is 9.10. The number of nitrogens with zero attached hydrogens (tertiary/aromatic N) is 2. The van der Waals surface area contributed by atoms with E-state index in [1.807, 2.05) is 12.1 Å². The van der Waals surface area contributed by atoms with Gasteiger partial charge in [-0.1, -0.05) is 31.4 Å². The van der Waals surface area contributed by atoms with Crippen molar-refractivity contribution in [3.63, 3.8) is 0 Å². The van der Waals surface area contributed by atoms with E-state index in [0.29, 0.717) is 16.1 Å². The molecule has 0 bridgehead atoms. The molecule has 1 aromatic carbocycles. The van der Waals surface area contributed by atoms with Crippen LogP contribution in [-0.2, 0) is 7.05 Å². The van der Waals surface area contributed by atoms with Crippen LogP contribution >= 0.6 is 15.9 Å². The first-order valence-corrected chi connectivity index (χ1v) is 8.53. The Bertz CT molecular complexity index is 657. The normalized spacial score (nSPS) is 15.7. The zero-order valence-electron chi connectivity index (χ0n) is 12.7. The fraction of sp³-hybridized carbons (Fsp3) is 0.412. The Labute approximate surface area is 139 Å². The van der Waals surface area contributed by atoms with Gasteiger partial charge in [-0.25, -0.2) is 0 Å². The highest BCUT2D eigenvalue weighted by atomic mass is 79.9. The Balaban J connectivity index is 1.68. The standard InChI is InChI=1S/C17H20BrN3O/c1-21-11-15(18)16(20-21)17(22)19-14-9-7-13(8-10-14)12-5-3-2-4-6-12/h7-12H,2-6H2,1H3,(H,19,22). The zero-order chi connectivity index (χ0) is 15.5. The Hall–Kier alpha value is -1.62. The van der Waals surface area contributed by atoms with E-state index in [-0.39, 0.29) is 5.91 Å². The highest BCUT2D eigenvalue weighted by Crippen LogP contribution is 2.33. The van der Waals surface area contributed by atoms with Gasteiger partial charge in [0.2, 0.25) is 0 Å². The molecule has 116 valence electrons. The van der Waals surface area contributed by atoms with Crippen molar-refractivity contribution in [2.24, 2.45) is 7.05 Å². The van der Waals surface area contributed by atoms with Crippen molar-refractivity contribution in [2.45, 2.75) is 38.0 Å². The lowest BCUT2D eigenvalue weighted by Gasteiger charge is -2.22. The molecule has 1 heterocycles. The molecule has 4 nitrogen and oxygen atoms in total. The van der Waals surface area contributed by atoms with Gasteiger partial charge in [0.15, 0.2) is 5.69 Å². The maximum Gasteiger partial charge on any atom is 0.277 e. The van der Waals surface area contributed by atoms with Crippen molar-refractivity contribution >= 4 is 27.5 Å². The van der Waals surface area contributed by atoms with Gasteiger partial charge >= 0.3 is 0 Å². The maximum atomic E-state index is 12.2. The van der Waals surface area contributed by atoms with Gasteiger partial charge in [-0.15, -0.1) is 0 Å². The zero-order valence-corrected chi connectivity index (χ0v) is 14.3. The van der Waals surface area contributed by atoms with Crippen LogP contribution in [0.1, 0.15) is 54.1 Å². The lowest BCUT2D eigenvalue weighted by atomic mass is 9.84. The van der Waals surface area contributed by atoms with E-state index in [1.165, 1.54) is 37.7 Å². The summed E-state index contributed by atoms with van der Waals surface area (Å²) < 4.78 is 2.32. The molecule has 3 rings (SSSR count). The quantitative estimate of drug-likeness (QED) is 0.875. The minimum atomic E-state index is -0.196. The number of halogens is 1. The molecule has 2 aromatic rings. The third-order valence-corrected chi connectivity index (χ3v) is 4.82. The van der Waals surface area contributed by atoms with Crippen molar-refractivity contribution in [1.29, 1.82) is 0 Å². The second-order valence-corrected chi connectivity index (χ2v) is 6.76. The third-order valence-electron chi connectivity index (χ3n) is 4.24. The number of aromatic nitrogens is 2. The summed E-state index contributed by atoms with van der Waals surface area (Å²) in [5.74, 6) is 0.487. The van der Waals surface area contributed by atoms with Gasteiger partial charge < -0.3 is 5.32 Å². The predicted molar refractivity (Wildman–Crippen MR) is 91.1 cm³/mol. The summed E-state index contributed by atoms with van der Waals surface area (Å²) >= 11 is 3.35. The number of carbonyl (C=O) groups is 1. The van der Waals surface area contributed by atoms with Gasteiger partial charge in [0.05, 0.1) is 4.47 Å². The second kappa shape index (κ2) is 6.65. The van der Waals surface area contributed by atoms with Gasteiger partial charge in [0.25, 0.3) is 5.91 Å². The van der Waals surface area contributed by atoms with Crippen molar-refractivity contribution in [1.82, 2.24) is 9.78 Å². The fourth-order valence-corrected chi connectivity index (χ4v) is 3.63. The molecule has 22 heavy (non-hydrogen) atoms. The largest absolute Gasteiger partial charge is 0.321 e. The SMILES string of the molecule is Cn1cc(Br)c(C(=O)Nc2ccc(C3CCCCC3)cc2)n1. The molecule has 0 aliphatic heterocycles. The van der Waals surface area contributed by atoms with Gasteiger partial charge in [0.1, 0.15) is 0 Å². The average molecular weight is 362 g/mol. The number of anilines is 1. The molecule has 0 saturated heterocycles. The van der Waals surface area contributed by atoms with E-state index in [0.717, 1.165) is 5.69 Å². The van der Waals surface area contributed by atoms with Crippen LogP contribution in [0.4, 0.5) is 5.69 Å². The molecule has 0 radical (unpaired) electrons. The first-order chi connectivity index (χ1) is 10.6. The molecule has 1 saturated carbocycles. The van der Waals surface area contributed by atoms with Gasteiger partial charge in [-0.2, -0.15) is 5.10 Å². The molecule has 5 heteroatoms. The van der Waals surface area contributed by atoms with Crippen LogP contribution in [0.15, 0.2) is 34.9 Å². The average Bonchev–Trinajstić information content (AvgIpc) is 2.88. The number of aryl methyl sites for hydroxylation is 1. The molecule has 1 aromatic heterocycles. The number of rotatable bonds is 3. The molecule has 1 fully saturated rings. The molecule has 1 N–H and O–H groups in total. The molecule has 0 unspecified atom stereocenters. The first kappa shape index (κ1) is 15.3. The summed E-state index contributed by atoms with van der Waals surface area (Å²) in [6.07, 6.45) is 8.36. The van der Waals surface area contributed by atoms with Crippen LogP contribution < -0.4 is 5.32 Å². The third kappa shape index (κ3) is 3.40. The van der Waals surface area contributed by atoms with Crippen molar-refractivity contribution in [3.05, 3.63) is 46.2 Å². The van der Waals surface area contributed by atoms with E-state index in [9.17, 15) is 4.79 Å². The summed E-state index contributed by atoms with van der Waals surface area (Å²) in [6, 6.07) is 8.25. The van der Waals surface area contributed by atoms with Crippen LogP contribution in [0, 0.1) is 0 Å². The number of nitrogens with one attached hydrogen (secondary N) is 1. The van der Waals surface area contributed by atoms with Crippen LogP contribution in [-0.4, -0.2) is 15.7 Å². The maximum absolute atomic E-state index is 12.2. The van der Waals surface area contributed by atoms with E-state index in [2.05, 4.69) is 38.5 Å². The number of hydrogen-bond acceptors (Lipinski definition) is 2. The molecule has 1 amide bonds. The van der Waals surface area contributed by atoms with Crippen LogP contribution in [0.2, 0.25) is 0 Å². The Kier molecular flexibility index (Phi) is 4.62. The van der Waals surface area contributed by atoms with Crippen LogP contribution in [0.3, 0.4) is 0 Å². The van der Waals surface area contributed by atoms with Gasteiger partial charge in [0, 0.05) is 18.9 Å².